The lowest BCUT2D eigenvalue weighted by Crippen LogP contribution is -2.51. The first-order valence-corrected chi connectivity index (χ1v) is 10.7. The van der Waals surface area contributed by atoms with Gasteiger partial charge in [-0.1, -0.05) is 0 Å². The van der Waals surface area contributed by atoms with Crippen LogP contribution in [0.5, 0.6) is 0 Å². The second kappa shape index (κ2) is 9.85. The molecule has 0 bridgehead atoms. The number of thiophene rings is 1. The van der Waals surface area contributed by atoms with Gasteiger partial charge in [-0.25, -0.2) is 0 Å². The Balaban J connectivity index is 1.29. The first-order valence-electron chi connectivity index (χ1n) is 9.72. The number of nitrogens with zero attached hydrogens (tertiary/aromatic N) is 3. The molecule has 2 saturated heterocycles. The summed E-state index contributed by atoms with van der Waals surface area (Å²) in [5.41, 5.74) is 0.672. The highest BCUT2D eigenvalue weighted by molar-refractivity contribution is 7.08. The van der Waals surface area contributed by atoms with Gasteiger partial charge in [0.25, 0.3) is 5.91 Å². The molecule has 1 N–H and O–H groups in total. The van der Waals surface area contributed by atoms with Crippen LogP contribution in [0.15, 0.2) is 16.8 Å². The molecule has 0 radical (unpaired) electrons. The Morgan fingerprint density at radius 2 is 1.67 bits per heavy atom. The minimum atomic E-state index is -0.0833. The Labute approximate surface area is 164 Å². The molecule has 8 heteroatoms. The van der Waals surface area contributed by atoms with Crippen molar-refractivity contribution >= 4 is 29.1 Å². The predicted octanol–water partition coefficient (Wildman–Crippen LogP) is 1.02. The van der Waals surface area contributed by atoms with E-state index in [1.807, 2.05) is 20.6 Å². The summed E-state index contributed by atoms with van der Waals surface area (Å²) in [6.45, 7) is 5.60. The number of piperazine rings is 1. The molecule has 3 amide bonds. The topological polar surface area (TPSA) is 73.0 Å². The summed E-state index contributed by atoms with van der Waals surface area (Å²) >= 11 is 1.49. The van der Waals surface area contributed by atoms with E-state index in [0.717, 1.165) is 39.0 Å². The van der Waals surface area contributed by atoms with Crippen LogP contribution in [0.25, 0.3) is 0 Å². The minimum Gasteiger partial charge on any atom is -0.352 e. The van der Waals surface area contributed by atoms with Crippen molar-refractivity contribution in [2.24, 2.45) is 0 Å². The van der Waals surface area contributed by atoms with Crippen LogP contribution < -0.4 is 5.32 Å². The van der Waals surface area contributed by atoms with Crippen molar-refractivity contribution < 1.29 is 14.4 Å². The molecule has 3 heterocycles. The fourth-order valence-electron chi connectivity index (χ4n) is 3.51. The standard InChI is InChI=1S/C19H28N4O3S/c24-17(4-3-6-20-19(26)16-5-13-27-15-16)23-11-9-21(10-12-23)14-18(25)22-7-1-2-8-22/h5,13,15H,1-4,6-12,14H2,(H,20,26). The summed E-state index contributed by atoms with van der Waals surface area (Å²) in [5, 5.41) is 6.53. The van der Waals surface area contributed by atoms with Gasteiger partial charge in [0.15, 0.2) is 0 Å². The van der Waals surface area contributed by atoms with Crippen molar-refractivity contribution in [1.29, 1.82) is 0 Å². The molecule has 7 nitrogen and oxygen atoms in total. The zero-order valence-corrected chi connectivity index (χ0v) is 16.5. The van der Waals surface area contributed by atoms with Gasteiger partial charge >= 0.3 is 0 Å². The molecule has 0 aliphatic carbocycles. The van der Waals surface area contributed by atoms with Gasteiger partial charge in [0.2, 0.25) is 11.8 Å². The molecule has 0 atom stereocenters. The van der Waals surface area contributed by atoms with Gasteiger partial charge in [-0.05, 0) is 30.7 Å². The number of rotatable bonds is 7. The number of likely N-dealkylation sites (tertiary alicyclic amines) is 1. The molecule has 0 aromatic carbocycles. The highest BCUT2D eigenvalue weighted by Crippen LogP contribution is 2.10. The molecular weight excluding hydrogens is 364 g/mol. The van der Waals surface area contributed by atoms with E-state index in [1.165, 1.54) is 11.3 Å². The first-order chi connectivity index (χ1) is 13.1. The Bertz CT molecular complexity index is 635. The highest BCUT2D eigenvalue weighted by Gasteiger charge is 2.25. The van der Waals surface area contributed by atoms with Crippen LogP contribution in [0.1, 0.15) is 36.0 Å². The largest absolute Gasteiger partial charge is 0.352 e. The molecule has 1 aromatic rings. The van der Waals surface area contributed by atoms with Gasteiger partial charge in [-0.15, -0.1) is 0 Å². The van der Waals surface area contributed by atoms with E-state index in [9.17, 15) is 14.4 Å². The van der Waals surface area contributed by atoms with Crippen LogP contribution in [0.2, 0.25) is 0 Å². The third-order valence-electron chi connectivity index (χ3n) is 5.18. The van der Waals surface area contributed by atoms with Crippen molar-refractivity contribution in [1.82, 2.24) is 20.0 Å². The molecular formula is C19H28N4O3S. The molecule has 1 aromatic heterocycles. The second-order valence-electron chi connectivity index (χ2n) is 7.12. The van der Waals surface area contributed by atoms with E-state index in [-0.39, 0.29) is 17.7 Å². The average molecular weight is 393 g/mol. The van der Waals surface area contributed by atoms with Gasteiger partial charge in [-0.3, -0.25) is 19.3 Å². The van der Waals surface area contributed by atoms with E-state index in [2.05, 4.69) is 10.2 Å². The summed E-state index contributed by atoms with van der Waals surface area (Å²) in [7, 11) is 0. The summed E-state index contributed by atoms with van der Waals surface area (Å²) in [5.74, 6) is 0.263. The van der Waals surface area contributed by atoms with Crippen LogP contribution in [-0.4, -0.2) is 84.8 Å². The van der Waals surface area contributed by atoms with Gasteiger partial charge < -0.3 is 15.1 Å². The van der Waals surface area contributed by atoms with E-state index < -0.39 is 0 Å². The van der Waals surface area contributed by atoms with Crippen molar-refractivity contribution in [2.45, 2.75) is 25.7 Å². The van der Waals surface area contributed by atoms with E-state index in [1.54, 1.807) is 6.07 Å². The predicted molar refractivity (Wildman–Crippen MR) is 105 cm³/mol. The number of carbonyl (C=O) groups is 3. The molecule has 0 spiro atoms. The fraction of sp³-hybridized carbons (Fsp3) is 0.632. The summed E-state index contributed by atoms with van der Waals surface area (Å²) in [6, 6.07) is 1.79. The lowest BCUT2D eigenvalue weighted by atomic mass is 10.2. The van der Waals surface area contributed by atoms with Crippen LogP contribution in [0.4, 0.5) is 0 Å². The average Bonchev–Trinajstić information content (AvgIpc) is 3.39. The van der Waals surface area contributed by atoms with Crippen molar-refractivity contribution in [2.75, 3.05) is 52.4 Å². The lowest BCUT2D eigenvalue weighted by molar-refractivity contribution is -0.134. The Morgan fingerprint density at radius 1 is 0.963 bits per heavy atom. The lowest BCUT2D eigenvalue weighted by Gasteiger charge is -2.35. The number of nitrogens with one attached hydrogen (secondary N) is 1. The summed E-state index contributed by atoms with van der Waals surface area (Å²) in [4.78, 5) is 42.3. The van der Waals surface area contributed by atoms with Gasteiger partial charge in [-0.2, -0.15) is 11.3 Å². The van der Waals surface area contributed by atoms with Crippen LogP contribution in [0.3, 0.4) is 0 Å². The first kappa shape index (κ1) is 19.8. The quantitative estimate of drug-likeness (QED) is 0.704. The Hall–Kier alpha value is -1.93. The van der Waals surface area contributed by atoms with E-state index in [4.69, 9.17) is 0 Å². The zero-order valence-electron chi connectivity index (χ0n) is 15.7. The monoisotopic (exact) mass is 392 g/mol. The molecule has 27 heavy (non-hydrogen) atoms. The van der Waals surface area contributed by atoms with Crippen LogP contribution in [0, 0.1) is 0 Å². The summed E-state index contributed by atoms with van der Waals surface area (Å²) < 4.78 is 0. The maximum Gasteiger partial charge on any atom is 0.252 e. The molecule has 2 fully saturated rings. The Kier molecular flexibility index (Phi) is 7.23. The molecule has 148 valence electrons. The van der Waals surface area contributed by atoms with Gasteiger partial charge in [0, 0.05) is 63.2 Å². The number of hydrogen-bond acceptors (Lipinski definition) is 5. The normalized spacial score (nSPS) is 17.9. The molecule has 3 rings (SSSR count). The van der Waals surface area contributed by atoms with E-state index in [0.29, 0.717) is 44.6 Å². The van der Waals surface area contributed by atoms with Crippen molar-refractivity contribution in [3.05, 3.63) is 22.4 Å². The number of carbonyl (C=O) groups excluding carboxylic acids is 3. The minimum absolute atomic E-state index is 0.0833. The third-order valence-corrected chi connectivity index (χ3v) is 5.86. The van der Waals surface area contributed by atoms with Crippen molar-refractivity contribution in [3.63, 3.8) is 0 Å². The SMILES string of the molecule is O=C(NCCCC(=O)N1CCN(CC(=O)N2CCCC2)CC1)c1ccsc1. The molecule has 0 saturated carbocycles. The number of amides is 3. The fourth-order valence-corrected chi connectivity index (χ4v) is 4.14. The Morgan fingerprint density at radius 3 is 2.33 bits per heavy atom. The molecule has 2 aliphatic rings. The zero-order chi connectivity index (χ0) is 19.1. The van der Waals surface area contributed by atoms with Crippen LogP contribution >= 0.6 is 11.3 Å². The second-order valence-corrected chi connectivity index (χ2v) is 7.90. The van der Waals surface area contributed by atoms with Crippen LogP contribution in [-0.2, 0) is 9.59 Å². The highest BCUT2D eigenvalue weighted by atomic mass is 32.1. The third kappa shape index (κ3) is 5.77. The maximum absolute atomic E-state index is 12.3. The maximum atomic E-state index is 12.3. The van der Waals surface area contributed by atoms with Crippen molar-refractivity contribution in [3.8, 4) is 0 Å². The summed E-state index contributed by atoms with van der Waals surface area (Å²) in [6.07, 6.45) is 3.31. The van der Waals surface area contributed by atoms with Gasteiger partial charge in [0.1, 0.15) is 0 Å². The smallest absolute Gasteiger partial charge is 0.252 e. The number of hydrogen-bond donors (Lipinski definition) is 1. The van der Waals surface area contributed by atoms with E-state index >= 15 is 0 Å². The van der Waals surface area contributed by atoms with Gasteiger partial charge in [0.05, 0.1) is 6.54 Å². The molecule has 2 aliphatic heterocycles. The molecule has 0 unspecified atom stereocenters.